The molecule has 0 atom stereocenters. The summed E-state index contributed by atoms with van der Waals surface area (Å²) in [6.45, 7) is 7.28. The van der Waals surface area contributed by atoms with Crippen molar-refractivity contribution in [3.8, 4) is 0 Å². The molecular formula is C24H31N3O2. The van der Waals surface area contributed by atoms with Crippen molar-refractivity contribution in [1.82, 2.24) is 10.2 Å². The maximum Gasteiger partial charge on any atom is 0.241 e. The van der Waals surface area contributed by atoms with E-state index in [1.807, 2.05) is 30.5 Å². The lowest BCUT2D eigenvalue weighted by molar-refractivity contribution is -0.113. The van der Waals surface area contributed by atoms with Gasteiger partial charge in [0.1, 0.15) is 0 Å². The second-order valence-electron chi connectivity index (χ2n) is 6.94. The first-order chi connectivity index (χ1) is 14.1. The third-order valence-corrected chi connectivity index (χ3v) is 4.62. The van der Waals surface area contributed by atoms with Crippen molar-refractivity contribution in [3.63, 3.8) is 0 Å². The molecule has 0 saturated carbocycles. The molecule has 1 aromatic carbocycles. The van der Waals surface area contributed by atoms with Crippen molar-refractivity contribution in [2.75, 3.05) is 26.2 Å². The molecule has 0 bridgehead atoms. The first kappa shape index (κ1) is 22.4. The molecule has 29 heavy (non-hydrogen) atoms. The van der Waals surface area contributed by atoms with Crippen molar-refractivity contribution in [3.05, 3.63) is 89.7 Å². The number of aliphatic hydroxyl groups excluding tert-OH is 1. The van der Waals surface area contributed by atoms with Crippen LogP contribution >= 0.6 is 0 Å². The molecular weight excluding hydrogens is 362 g/mol. The lowest BCUT2D eigenvalue weighted by Gasteiger charge is -2.22. The molecule has 0 fully saturated rings. The topological polar surface area (TPSA) is 78.6 Å². The van der Waals surface area contributed by atoms with Crippen LogP contribution in [0.5, 0.6) is 0 Å². The molecule has 5 nitrogen and oxygen atoms in total. The minimum atomic E-state index is -0.458. The summed E-state index contributed by atoms with van der Waals surface area (Å²) in [6.07, 6.45) is 15.3. The van der Waals surface area contributed by atoms with Gasteiger partial charge in [0.15, 0.2) is 0 Å². The van der Waals surface area contributed by atoms with Crippen molar-refractivity contribution in [2.45, 2.75) is 19.4 Å². The van der Waals surface area contributed by atoms with Gasteiger partial charge in [-0.2, -0.15) is 0 Å². The van der Waals surface area contributed by atoms with Gasteiger partial charge in [-0.1, -0.05) is 55.1 Å². The van der Waals surface area contributed by atoms with Crippen LogP contribution < -0.4 is 11.1 Å². The lowest BCUT2D eigenvalue weighted by Crippen LogP contribution is -2.28. The van der Waals surface area contributed by atoms with Crippen LogP contribution in [-0.4, -0.2) is 42.2 Å². The zero-order valence-corrected chi connectivity index (χ0v) is 16.9. The van der Waals surface area contributed by atoms with Crippen molar-refractivity contribution >= 4 is 12.0 Å². The highest BCUT2D eigenvalue weighted by molar-refractivity contribution is 5.90. The van der Waals surface area contributed by atoms with Crippen LogP contribution in [0.2, 0.25) is 0 Å². The van der Waals surface area contributed by atoms with Crippen LogP contribution in [0.4, 0.5) is 0 Å². The first-order valence-corrected chi connectivity index (χ1v) is 9.91. The number of hydrogen-bond acceptors (Lipinski definition) is 4. The van der Waals surface area contributed by atoms with Crippen molar-refractivity contribution in [1.29, 1.82) is 0 Å². The molecule has 0 saturated heterocycles. The third-order valence-electron chi connectivity index (χ3n) is 4.62. The number of nitrogens with two attached hydrogens (primary N) is 1. The third kappa shape index (κ3) is 8.77. The molecule has 0 unspecified atom stereocenters. The zero-order chi connectivity index (χ0) is 20.9. The lowest BCUT2D eigenvalue weighted by atomic mass is 10.0. The molecule has 1 aromatic rings. The van der Waals surface area contributed by atoms with E-state index in [0.717, 1.165) is 49.2 Å². The molecule has 0 aromatic heterocycles. The van der Waals surface area contributed by atoms with Gasteiger partial charge in [0.25, 0.3) is 0 Å². The van der Waals surface area contributed by atoms with Crippen LogP contribution in [0.1, 0.15) is 24.0 Å². The van der Waals surface area contributed by atoms with Crippen LogP contribution in [0.25, 0.3) is 6.08 Å². The number of benzene rings is 1. The van der Waals surface area contributed by atoms with E-state index in [9.17, 15) is 9.90 Å². The smallest absolute Gasteiger partial charge is 0.241 e. The highest BCUT2D eigenvalue weighted by atomic mass is 16.3. The van der Waals surface area contributed by atoms with Crippen LogP contribution in [0.15, 0.2) is 78.6 Å². The van der Waals surface area contributed by atoms with Crippen LogP contribution in [0, 0.1) is 0 Å². The Balaban J connectivity index is 1.98. The highest BCUT2D eigenvalue weighted by Crippen LogP contribution is 2.16. The Bertz CT molecular complexity index is 789. The maximum atomic E-state index is 10.8. The molecule has 1 heterocycles. The fraction of sp³-hybridized carbons (Fsp3) is 0.292. The van der Waals surface area contributed by atoms with Crippen molar-refractivity contribution in [2.24, 2.45) is 5.73 Å². The molecule has 0 radical (unpaired) electrons. The number of carbonyl (C=O) groups excluding carboxylic acids is 1. The van der Waals surface area contributed by atoms with Gasteiger partial charge >= 0.3 is 0 Å². The predicted octanol–water partition coefficient (Wildman–Crippen LogP) is 2.92. The maximum absolute atomic E-state index is 10.8. The largest absolute Gasteiger partial charge is 0.395 e. The van der Waals surface area contributed by atoms with Gasteiger partial charge in [0.2, 0.25) is 5.91 Å². The van der Waals surface area contributed by atoms with Crippen LogP contribution in [0.3, 0.4) is 0 Å². The van der Waals surface area contributed by atoms with Gasteiger partial charge in [-0.25, -0.2) is 0 Å². The number of nitrogens with zero attached hydrogens (tertiary/aromatic N) is 1. The summed E-state index contributed by atoms with van der Waals surface area (Å²) in [5.41, 5.74) is 9.40. The Morgan fingerprint density at radius 2 is 2.00 bits per heavy atom. The fourth-order valence-electron chi connectivity index (χ4n) is 3.01. The van der Waals surface area contributed by atoms with Gasteiger partial charge in [0.05, 0.1) is 6.61 Å². The number of allylic oxidation sites excluding steroid dienone is 4. The quantitative estimate of drug-likeness (QED) is 0.445. The summed E-state index contributed by atoms with van der Waals surface area (Å²) >= 11 is 0. The summed E-state index contributed by atoms with van der Waals surface area (Å²) < 4.78 is 0. The van der Waals surface area contributed by atoms with E-state index in [-0.39, 0.29) is 6.61 Å². The first-order valence-electron chi connectivity index (χ1n) is 9.91. The molecule has 2 rings (SSSR count). The minimum absolute atomic E-state index is 0.113. The molecule has 1 aliphatic heterocycles. The second-order valence-corrected chi connectivity index (χ2v) is 6.94. The van der Waals surface area contributed by atoms with Crippen molar-refractivity contribution < 1.29 is 9.90 Å². The second kappa shape index (κ2) is 12.5. The van der Waals surface area contributed by atoms with Gasteiger partial charge in [-0.15, -0.1) is 0 Å². The Labute approximate surface area is 173 Å². The molecule has 4 N–H and O–H groups in total. The highest BCUT2D eigenvalue weighted by Gasteiger charge is 2.09. The summed E-state index contributed by atoms with van der Waals surface area (Å²) in [4.78, 5) is 13.1. The number of nitrogens with one attached hydrogen (secondary N) is 1. The Hall–Kier alpha value is -2.89. The van der Waals surface area contributed by atoms with Gasteiger partial charge in [-0.3, -0.25) is 9.69 Å². The standard InChI is InChI=1S/C24H31N3O2/c1-20-6-4-2-3-5-14-26-18-23(20)13-15-27(16-17-28)19-22-9-7-21(8-10-22)11-12-24(25)29/h3-12,18,26,28H,1-2,13-17,19H2,(H2,25,29)/b5-3-,6-4-,12-11+,23-18-. The average molecular weight is 394 g/mol. The van der Waals surface area contributed by atoms with E-state index in [1.54, 1.807) is 6.08 Å². The van der Waals surface area contributed by atoms with E-state index in [4.69, 9.17) is 5.73 Å². The molecule has 0 spiro atoms. The number of carbonyl (C=O) groups is 1. The van der Waals surface area contributed by atoms with Crippen LogP contribution in [-0.2, 0) is 11.3 Å². The normalized spacial score (nSPS) is 18.8. The number of aliphatic hydroxyl groups is 1. The number of hydrogen-bond donors (Lipinski definition) is 3. The molecule has 0 aliphatic carbocycles. The number of primary amides is 1. The Kier molecular flexibility index (Phi) is 9.69. The SMILES string of the molecule is C=C1/C=C\C/C=C\CN/C=C\1CCN(CCO)Cc1ccc(/C=C/C(N)=O)cc1. The molecule has 1 amide bonds. The van der Waals surface area contributed by atoms with E-state index in [0.29, 0.717) is 6.54 Å². The number of amides is 1. The van der Waals surface area contributed by atoms with Gasteiger partial charge in [-0.05, 0) is 41.2 Å². The van der Waals surface area contributed by atoms with E-state index >= 15 is 0 Å². The summed E-state index contributed by atoms with van der Waals surface area (Å²) in [7, 11) is 0. The van der Waals surface area contributed by atoms with Gasteiger partial charge < -0.3 is 16.2 Å². The van der Waals surface area contributed by atoms with E-state index in [1.165, 1.54) is 11.6 Å². The number of rotatable bonds is 9. The van der Waals surface area contributed by atoms with E-state index < -0.39 is 5.91 Å². The Morgan fingerprint density at radius 1 is 1.21 bits per heavy atom. The summed E-state index contributed by atoms with van der Waals surface area (Å²) in [5.74, 6) is -0.458. The molecule has 154 valence electrons. The molecule has 1 aliphatic rings. The summed E-state index contributed by atoms with van der Waals surface area (Å²) in [6, 6.07) is 7.98. The van der Waals surface area contributed by atoms with Gasteiger partial charge in [0, 0.05) is 38.5 Å². The van der Waals surface area contributed by atoms with E-state index in [2.05, 4.69) is 41.1 Å². The fourth-order valence-corrected chi connectivity index (χ4v) is 3.01. The zero-order valence-electron chi connectivity index (χ0n) is 16.9. The molecule has 5 heteroatoms. The predicted molar refractivity (Wildman–Crippen MR) is 120 cm³/mol. The minimum Gasteiger partial charge on any atom is -0.395 e. The Morgan fingerprint density at radius 3 is 2.72 bits per heavy atom. The monoisotopic (exact) mass is 393 g/mol. The summed E-state index contributed by atoms with van der Waals surface area (Å²) in [5, 5.41) is 12.8. The average Bonchev–Trinajstić information content (AvgIpc) is 2.71.